The average Bonchev–Trinajstić information content (AvgIpc) is 2.93. The highest BCUT2D eigenvalue weighted by Crippen LogP contribution is 2.35. The predicted octanol–water partition coefficient (Wildman–Crippen LogP) is 4.16. The van der Waals surface area contributed by atoms with E-state index in [9.17, 15) is 18.0 Å². The van der Waals surface area contributed by atoms with Gasteiger partial charge in [0.2, 0.25) is 0 Å². The number of carbonyl (C=O) groups is 1. The lowest BCUT2D eigenvalue weighted by molar-refractivity contribution is -0.142. The summed E-state index contributed by atoms with van der Waals surface area (Å²) in [5, 5.41) is 17.9. The Morgan fingerprint density at radius 1 is 1.03 bits per heavy atom. The van der Waals surface area contributed by atoms with E-state index in [0.29, 0.717) is 57.4 Å². The Morgan fingerprint density at radius 3 is 2.29 bits per heavy atom. The normalized spacial score (nSPS) is 20.8. The van der Waals surface area contributed by atoms with Gasteiger partial charge in [-0.2, -0.15) is 23.7 Å². The second-order valence-electron chi connectivity index (χ2n) is 9.15. The van der Waals surface area contributed by atoms with Crippen molar-refractivity contribution in [2.45, 2.75) is 49.5 Å². The van der Waals surface area contributed by atoms with Gasteiger partial charge in [0, 0.05) is 32.4 Å². The number of anilines is 1. The molecule has 1 aliphatic carbocycles. The second-order valence-corrected chi connectivity index (χ2v) is 9.62. The molecule has 0 N–H and O–H groups in total. The minimum atomic E-state index is -4.64. The number of nitriles is 2. The van der Waals surface area contributed by atoms with Crippen LogP contribution in [0.5, 0.6) is 5.75 Å². The Bertz CT molecular complexity index is 1210. The number of carbonyl (C=O) groups excluding carboxylic acids is 1. The number of aromatic nitrogens is 1. The summed E-state index contributed by atoms with van der Waals surface area (Å²) in [4.78, 5) is 20.9. The molecule has 1 atom stereocenters. The molecule has 1 saturated carbocycles. The van der Waals surface area contributed by atoms with Gasteiger partial charge in [-0.25, -0.2) is 4.98 Å². The van der Waals surface area contributed by atoms with Crippen molar-refractivity contribution >= 4 is 24.4 Å². The largest absolute Gasteiger partial charge is 0.490 e. The van der Waals surface area contributed by atoms with Crippen molar-refractivity contribution in [2.75, 3.05) is 31.1 Å². The number of halogens is 3. The monoisotopic (exact) mass is 545 g/mol. The highest BCUT2D eigenvalue weighted by molar-refractivity contribution is 7.81. The third kappa shape index (κ3) is 6.69. The molecular formula is C26H26F3N5O3S. The lowest BCUT2D eigenvalue weighted by atomic mass is 9.95. The highest BCUT2D eigenvalue weighted by Gasteiger charge is 2.35. The van der Waals surface area contributed by atoms with E-state index in [4.69, 9.17) is 20.0 Å². The van der Waals surface area contributed by atoms with Crippen molar-refractivity contribution in [2.24, 2.45) is 0 Å². The lowest BCUT2D eigenvalue weighted by Gasteiger charge is -2.37. The molecule has 1 saturated heterocycles. The second kappa shape index (κ2) is 11.9. The van der Waals surface area contributed by atoms with Crippen molar-refractivity contribution in [1.29, 1.82) is 10.5 Å². The first-order valence-corrected chi connectivity index (χ1v) is 12.7. The summed E-state index contributed by atoms with van der Waals surface area (Å²) in [6.45, 7) is 2.18. The van der Waals surface area contributed by atoms with Crippen molar-refractivity contribution in [3.63, 3.8) is 0 Å². The van der Waals surface area contributed by atoms with Crippen molar-refractivity contribution in [3.05, 3.63) is 53.2 Å². The number of alkyl halides is 3. The molecule has 0 bridgehead atoms. The van der Waals surface area contributed by atoms with E-state index in [1.807, 2.05) is 11.0 Å². The summed E-state index contributed by atoms with van der Waals surface area (Å²) in [5.41, 5.74) is -1.88. The van der Waals surface area contributed by atoms with E-state index in [1.165, 1.54) is 12.3 Å². The molecule has 0 radical (unpaired) electrons. The zero-order valence-corrected chi connectivity index (χ0v) is 21.3. The van der Waals surface area contributed by atoms with Crippen LogP contribution in [0.1, 0.15) is 42.4 Å². The van der Waals surface area contributed by atoms with Gasteiger partial charge in [-0.3, -0.25) is 4.79 Å². The number of benzene rings is 1. The van der Waals surface area contributed by atoms with Gasteiger partial charge >= 0.3 is 6.18 Å². The summed E-state index contributed by atoms with van der Waals surface area (Å²) in [6, 6.07) is 10.4. The first-order chi connectivity index (χ1) is 18.2. The standard InChI is InChI=1S/C26H26F3N5O3S/c27-26(28,29)22-13-21(3-2-18(22)15-31)36-19-4-6-20(7-5-19)37-25(38)24(35)34-11-9-33(10-12-34)23-8-1-17(14-30)16-32-23/h1-3,8,13,16,19-20,25,38H,4-7,9-12H2. The fraction of sp³-hybridized carbons (Fsp3) is 0.462. The van der Waals surface area contributed by atoms with E-state index in [1.54, 1.807) is 23.1 Å². The Hall–Kier alpha value is -3.48. The minimum absolute atomic E-state index is 0.0679. The number of hydrogen-bond acceptors (Lipinski definition) is 8. The van der Waals surface area contributed by atoms with E-state index >= 15 is 0 Å². The van der Waals surface area contributed by atoms with Gasteiger partial charge in [-0.1, -0.05) is 0 Å². The fourth-order valence-corrected chi connectivity index (χ4v) is 4.93. The van der Waals surface area contributed by atoms with E-state index in [2.05, 4.69) is 17.6 Å². The maximum Gasteiger partial charge on any atom is 0.417 e. The number of thiol groups is 1. The van der Waals surface area contributed by atoms with Crippen LogP contribution in [0.15, 0.2) is 36.5 Å². The smallest absolute Gasteiger partial charge is 0.417 e. The summed E-state index contributed by atoms with van der Waals surface area (Å²) < 4.78 is 51.3. The topological polar surface area (TPSA) is 102 Å². The number of piperazine rings is 1. The fourth-order valence-electron chi connectivity index (χ4n) is 4.60. The third-order valence-electron chi connectivity index (χ3n) is 6.67. The molecule has 4 rings (SSSR count). The van der Waals surface area contributed by atoms with Crippen molar-refractivity contribution in [3.8, 4) is 17.9 Å². The number of nitrogens with zero attached hydrogens (tertiary/aromatic N) is 5. The van der Waals surface area contributed by atoms with Gasteiger partial charge in [0.15, 0.2) is 5.44 Å². The molecule has 1 aliphatic heterocycles. The maximum atomic E-state index is 13.2. The van der Waals surface area contributed by atoms with E-state index < -0.39 is 22.7 Å². The SMILES string of the molecule is N#Cc1ccc(N2CCN(C(=O)C(S)OC3CCC(Oc4ccc(C#N)c(C(F)(F)F)c4)CC3)CC2)nc1. The molecule has 200 valence electrons. The number of ether oxygens (including phenoxy) is 2. The van der Waals surface area contributed by atoms with Crippen molar-refractivity contribution in [1.82, 2.24) is 9.88 Å². The van der Waals surface area contributed by atoms with Crippen molar-refractivity contribution < 1.29 is 27.4 Å². The molecule has 12 heteroatoms. The first kappa shape index (κ1) is 27.6. The van der Waals surface area contributed by atoms with Crippen LogP contribution in [0, 0.1) is 22.7 Å². The van der Waals surface area contributed by atoms with Crippen LogP contribution in [0.4, 0.5) is 19.0 Å². The first-order valence-electron chi connectivity index (χ1n) is 12.2. The van der Waals surface area contributed by atoms with Crippen LogP contribution in [0.2, 0.25) is 0 Å². The number of amides is 1. The predicted molar refractivity (Wildman–Crippen MR) is 134 cm³/mol. The summed E-state index contributed by atoms with van der Waals surface area (Å²) in [5.74, 6) is 0.610. The molecule has 8 nitrogen and oxygen atoms in total. The summed E-state index contributed by atoms with van der Waals surface area (Å²) >= 11 is 4.39. The molecule has 2 heterocycles. The summed E-state index contributed by atoms with van der Waals surface area (Å²) in [6.07, 6.45) is -1.36. The van der Waals surface area contributed by atoms with E-state index in [0.717, 1.165) is 18.0 Å². The number of hydrogen-bond donors (Lipinski definition) is 1. The van der Waals surface area contributed by atoms with E-state index in [-0.39, 0.29) is 23.9 Å². The molecule has 1 unspecified atom stereocenters. The molecule has 2 fully saturated rings. The number of pyridine rings is 1. The van der Waals surface area contributed by atoms with Gasteiger partial charge in [0.25, 0.3) is 5.91 Å². The van der Waals surface area contributed by atoms with Crippen LogP contribution in [0.3, 0.4) is 0 Å². The van der Waals surface area contributed by atoms with Gasteiger partial charge in [0.1, 0.15) is 17.6 Å². The highest BCUT2D eigenvalue weighted by atomic mass is 32.1. The minimum Gasteiger partial charge on any atom is -0.490 e. The molecule has 1 amide bonds. The number of rotatable bonds is 6. The molecule has 1 aromatic heterocycles. The van der Waals surface area contributed by atoms with Gasteiger partial charge in [-0.05, 0) is 56.0 Å². The third-order valence-corrected chi connectivity index (χ3v) is 7.01. The molecule has 38 heavy (non-hydrogen) atoms. The van der Waals surface area contributed by atoms with Gasteiger partial charge < -0.3 is 19.3 Å². The molecule has 2 aromatic rings. The van der Waals surface area contributed by atoms with Crippen LogP contribution in [0.25, 0.3) is 0 Å². The zero-order valence-electron chi connectivity index (χ0n) is 20.4. The Balaban J connectivity index is 1.22. The van der Waals surface area contributed by atoms with Crippen LogP contribution >= 0.6 is 12.6 Å². The summed E-state index contributed by atoms with van der Waals surface area (Å²) in [7, 11) is 0. The molecular weight excluding hydrogens is 519 g/mol. The average molecular weight is 546 g/mol. The van der Waals surface area contributed by atoms with Crippen LogP contribution < -0.4 is 9.64 Å². The molecule has 2 aliphatic rings. The zero-order chi connectivity index (χ0) is 27.3. The molecule has 0 spiro atoms. The Kier molecular flexibility index (Phi) is 8.65. The Morgan fingerprint density at radius 2 is 1.71 bits per heavy atom. The van der Waals surface area contributed by atoms with Gasteiger partial charge in [0.05, 0.1) is 35.0 Å². The van der Waals surface area contributed by atoms with Crippen LogP contribution in [-0.2, 0) is 15.7 Å². The lowest BCUT2D eigenvalue weighted by Crippen LogP contribution is -2.51. The van der Waals surface area contributed by atoms with Crippen LogP contribution in [-0.4, -0.2) is 59.6 Å². The maximum absolute atomic E-state index is 13.2. The molecule has 1 aromatic carbocycles. The Labute approximate surface area is 224 Å². The van der Waals surface area contributed by atoms with Gasteiger partial charge in [-0.15, -0.1) is 12.6 Å². The quantitative estimate of drug-likeness (QED) is 0.430.